The largest absolute Gasteiger partial charge is 0.462 e. The van der Waals surface area contributed by atoms with Crippen LogP contribution in [0, 0.1) is 5.92 Å². The molecule has 0 radical (unpaired) electrons. The van der Waals surface area contributed by atoms with Crippen LogP contribution in [0.5, 0.6) is 0 Å². The molecular formula is C38H43N3O7. The van der Waals surface area contributed by atoms with Crippen molar-refractivity contribution in [2.75, 3.05) is 19.8 Å². The number of alkyl carbamates (subject to hydrolysis) is 1. The summed E-state index contributed by atoms with van der Waals surface area (Å²) in [6, 6.07) is 23.6. The maximum Gasteiger partial charge on any atom is 0.407 e. The van der Waals surface area contributed by atoms with Crippen molar-refractivity contribution < 1.29 is 33.8 Å². The highest BCUT2D eigenvalue weighted by atomic mass is 16.6. The van der Waals surface area contributed by atoms with Crippen LogP contribution in [0.25, 0.3) is 11.1 Å². The Labute approximate surface area is 280 Å². The van der Waals surface area contributed by atoms with Gasteiger partial charge in [-0.05, 0) is 60.4 Å². The molecule has 10 nitrogen and oxygen atoms in total. The fraction of sp³-hybridized carbons (Fsp3) is 0.368. The average Bonchev–Trinajstić information content (AvgIpc) is 3.42. The highest BCUT2D eigenvalue weighted by Gasteiger charge is 2.31. The van der Waals surface area contributed by atoms with Gasteiger partial charge in [-0.1, -0.05) is 91.0 Å². The molecule has 0 saturated carbocycles. The Bertz CT molecular complexity index is 1560. The van der Waals surface area contributed by atoms with Crippen LogP contribution in [0.1, 0.15) is 55.2 Å². The van der Waals surface area contributed by atoms with Crippen molar-refractivity contribution >= 4 is 23.9 Å². The minimum Gasteiger partial charge on any atom is -0.462 e. The maximum atomic E-state index is 13.4. The molecule has 48 heavy (non-hydrogen) atoms. The molecule has 0 saturated heterocycles. The Morgan fingerprint density at radius 2 is 1.62 bits per heavy atom. The van der Waals surface area contributed by atoms with E-state index in [1.54, 1.807) is 6.92 Å². The van der Waals surface area contributed by atoms with Crippen LogP contribution in [-0.4, -0.2) is 66.9 Å². The maximum absolute atomic E-state index is 13.4. The molecule has 3 amide bonds. The van der Waals surface area contributed by atoms with Crippen molar-refractivity contribution in [3.05, 3.63) is 108 Å². The number of hydrogen-bond acceptors (Lipinski definition) is 7. The van der Waals surface area contributed by atoms with Crippen molar-refractivity contribution in [1.82, 2.24) is 16.0 Å². The van der Waals surface area contributed by atoms with Crippen molar-refractivity contribution in [2.45, 2.75) is 63.1 Å². The van der Waals surface area contributed by atoms with Crippen LogP contribution in [0.3, 0.4) is 0 Å². The number of carbonyl (C=O) groups excluding carboxylic acids is 4. The molecule has 3 aromatic carbocycles. The molecule has 2 aliphatic rings. The van der Waals surface area contributed by atoms with Crippen molar-refractivity contribution in [1.29, 1.82) is 0 Å². The van der Waals surface area contributed by atoms with E-state index in [1.165, 1.54) is 0 Å². The summed E-state index contributed by atoms with van der Waals surface area (Å²) in [5.74, 6) is -2.10. The number of nitrogens with one attached hydrogen (secondary N) is 3. The Morgan fingerprint density at radius 3 is 2.31 bits per heavy atom. The predicted octanol–water partition coefficient (Wildman–Crippen LogP) is 4.41. The Balaban J connectivity index is 1.26. The number of fused-ring (bicyclic) bond motifs is 3. The summed E-state index contributed by atoms with van der Waals surface area (Å²) in [4.78, 5) is 52.5. The topological polar surface area (TPSA) is 143 Å². The summed E-state index contributed by atoms with van der Waals surface area (Å²) in [6.07, 6.45) is 4.21. The lowest BCUT2D eigenvalue weighted by molar-refractivity contribution is -0.147. The second kappa shape index (κ2) is 16.7. The smallest absolute Gasteiger partial charge is 0.407 e. The molecular weight excluding hydrogens is 610 g/mol. The average molecular weight is 654 g/mol. The summed E-state index contributed by atoms with van der Waals surface area (Å²) in [5.41, 5.74) is 5.34. The van der Waals surface area contributed by atoms with Crippen molar-refractivity contribution in [3.8, 4) is 11.1 Å². The Morgan fingerprint density at radius 1 is 0.958 bits per heavy atom. The first-order valence-electron chi connectivity index (χ1n) is 16.5. The number of allylic oxidation sites excluding steroid dienone is 2. The first kappa shape index (κ1) is 34.4. The minimum atomic E-state index is -0.972. The molecule has 1 aliphatic carbocycles. The second-order valence-corrected chi connectivity index (χ2v) is 12.4. The quantitative estimate of drug-likeness (QED) is 0.198. The highest BCUT2D eigenvalue weighted by Crippen LogP contribution is 2.44. The van der Waals surface area contributed by atoms with Gasteiger partial charge in [-0.25, -0.2) is 9.59 Å². The Kier molecular flexibility index (Phi) is 12.0. The van der Waals surface area contributed by atoms with Gasteiger partial charge in [0.2, 0.25) is 11.8 Å². The number of carbonyl (C=O) groups is 4. The van der Waals surface area contributed by atoms with Gasteiger partial charge in [0.15, 0.2) is 0 Å². The van der Waals surface area contributed by atoms with Crippen LogP contribution in [-0.2, 0) is 30.3 Å². The van der Waals surface area contributed by atoms with Gasteiger partial charge in [-0.15, -0.1) is 0 Å². The van der Waals surface area contributed by atoms with Crippen LogP contribution in [0.2, 0.25) is 0 Å². The van der Waals surface area contributed by atoms with Gasteiger partial charge in [0.05, 0.1) is 18.6 Å². The molecule has 10 heteroatoms. The predicted molar refractivity (Wildman–Crippen MR) is 181 cm³/mol. The van der Waals surface area contributed by atoms with Gasteiger partial charge >= 0.3 is 12.1 Å². The van der Waals surface area contributed by atoms with Crippen LogP contribution in [0.4, 0.5) is 4.79 Å². The standard InChI is InChI=1S/C38H43N3O7/c1-25(22-42)39-35(43)21-27-14-6-3-7-19-34(37(45)47-23-28(40-36(27)44)20-26-12-4-2-5-13-26)41-38(46)48-24-33-31-17-10-8-15-29(31)30-16-9-11-18-32(30)33/h2-6,8-13,15-18,25,27-28,33-34,42H,7,14,19-24H2,1H3,(H,39,43)(H,40,44)(H,41,46)/t25-,27-,28-,34+/m1/s1. The molecule has 1 aliphatic heterocycles. The minimum absolute atomic E-state index is 0.0652. The first-order chi connectivity index (χ1) is 23.3. The number of ether oxygens (including phenoxy) is 2. The lowest BCUT2D eigenvalue weighted by Gasteiger charge is -2.24. The number of aliphatic hydroxyl groups excluding tert-OH is 1. The van der Waals surface area contributed by atoms with Crippen molar-refractivity contribution in [3.63, 3.8) is 0 Å². The third-order valence-corrected chi connectivity index (χ3v) is 8.71. The van der Waals surface area contributed by atoms with E-state index < -0.39 is 36.1 Å². The lowest BCUT2D eigenvalue weighted by Crippen LogP contribution is -2.47. The lowest BCUT2D eigenvalue weighted by atomic mass is 9.97. The Hall–Kier alpha value is -4.96. The third-order valence-electron chi connectivity index (χ3n) is 8.71. The fourth-order valence-electron chi connectivity index (χ4n) is 6.21. The van der Waals surface area contributed by atoms with Crippen LogP contribution in [0.15, 0.2) is 91.0 Å². The summed E-state index contributed by atoms with van der Waals surface area (Å²) in [5, 5.41) is 17.7. The summed E-state index contributed by atoms with van der Waals surface area (Å²) in [7, 11) is 0. The number of esters is 1. The molecule has 0 bridgehead atoms. The van der Waals surface area contributed by atoms with E-state index in [-0.39, 0.29) is 50.4 Å². The fourth-order valence-corrected chi connectivity index (χ4v) is 6.21. The van der Waals surface area contributed by atoms with Gasteiger partial charge in [-0.3, -0.25) is 9.59 Å². The molecule has 3 aromatic rings. The summed E-state index contributed by atoms with van der Waals surface area (Å²) < 4.78 is 11.4. The normalized spacial score (nSPS) is 20.4. The third kappa shape index (κ3) is 9.10. The molecule has 252 valence electrons. The zero-order valence-corrected chi connectivity index (χ0v) is 27.1. The van der Waals surface area contributed by atoms with E-state index >= 15 is 0 Å². The highest BCUT2D eigenvalue weighted by molar-refractivity contribution is 5.86. The van der Waals surface area contributed by atoms with Gasteiger partial charge in [0, 0.05) is 18.4 Å². The van der Waals surface area contributed by atoms with Gasteiger partial charge in [0.25, 0.3) is 0 Å². The zero-order chi connectivity index (χ0) is 33.9. The number of benzene rings is 3. The number of hydrogen-bond donors (Lipinski definition) is 4. The molecule has 1 heterocycles. The molecule has 0 spiro atoms. The van der Waals surface area contributed by atoms with E-state index in [4.69, 9.17) is 9.47 Å². The molecule has 0 fully saturated rings. The summed E-state index contributed by atoms with van der Waals surface area (Å²) in [6.45, 7) is 1.45. The molecule has 5 rings (SSSR count). The number of rotatable bonds is 9. The number of amides is 3. The van der Waals surface area contributed by atoms with Crippen LogP contribution >= 0.6 is 0 Å². The van der Waals surface area contributed by atoms with E-state index in [9.17, 15) is 24.3 Å². The van der Waals surface area contributed by atoms with E-state index in [0.29, 0.717) is 19.3 Å². The molecule has 0 aromatic heterocycles. The molecule has 0 unspecified atom stereocenters. The van der Waals surface area contributed by atoms with E-state index in [2.05, 4.69) is 28.1 Å². The van der Waals surface area contributed by atoms with Crippen molar-refractivity contribution in [2.24, 2.45) is 5.92 Å². The van der Waals surface area contributed by atoms with Gasteiger partial charge in [-0.2, -0.15) is 0 Å². The van der Waals surface area contributed by atoms with E-state index in [1.807, 2.05) is 78.9 Å². The molecule has 4 atom stereocenters. The number of aliphatic hydroxyl groups is 1. The van der Waals surface area contributed by atoms with Gasteiger partial charge < -0.3 is 30.5 Å². The van der Waals surface area contributed by atoms with Crippen LogP contribution < -0.4 is 16.0 Å². The zero-order valence-electron chi connectivity index (χ0n) is 27.1. The SMILES string of the molecule is C[C@H](CO)NC(=O)C[C@H]1CC=CCC[C@H](NC(=O)OCC2c3ccccc3-c3ccccc32)C(=O)OC[C@@H](Cc2ccccc2)NC1=O. The van der Waals surface area contributed by atoms with Gasteiger partial charge in [0.1, 0.15) is 19.3 Å². The summed E-state index contributed by atoms with van der Waals surface area (Å²) >= 11 is 0. The molecule has 4 N–H and O–H groups in total. The monoisotopic (exact) mass is 653 g/mol. The number of cyclic esters (lactones) is 1. The van der Waals surface area contributed by atoms with E-state index in [0.717, 1.165) is 27.8 Å². The first-order valence-corrected chi connectivity index (χ1v) is 16.5. The second-order valence-electron chi connectivity index (χ2n) is 12.4.